The second-order valence-corrected chi connectivity index (χ2v) is 5.74. The third kappa shape index (κ3) is 6.39. The number of rotatable bonds is 10. The molecule has 2 aromatic rings. The maximum atomic E-state index is 12.0. The predicted molar refractivity (Wildman–Crippen MR) is 89.5 cm³/mol. The molecular weight excluding hydrogens is 314 g/mol. The van der Waals surface area contributed by atoms with E-state index in [0.717, 1.165) is 29.6 Å². The first-order valence-electron chi connectivity index (χ1n) is 7.34. The smallest absolute Gasteiger partial charge is 0.251 e. The second-order valence-electron chi connectivity index (χ2n) is 4.77. The van der Waals surface area contributed by atoms with E-state index in [2.05, 4.69) is 25.8 Å². The van der Waals surface area contributed by atoms with Crippen LogP contribution < -0.4 is 10.6 Å². The molecule has 8 heteroatoms. The Labute approximate surface area is 139 Å². The van der Waals surface area contributed by atoms with Crippen LogP contribution in [0.4, 0.5) is 0 Å². The monoisotopic (exact) mass is 335 g/mol. The van der Waals surface area contributed by atoms with Gasteiger partial charge in [-0.25, -0.2) is 4.98 Å². The topological polar surface area (TPSA) is 91.9 Å². The summed E-state index contributed by atoms with van der Waals surface area (Å²) in [4.78, 5) is 16.1. The third-order valence-corrected chi connectivity index (χ3v) is 4.00. The molecule has 0 unspecified atom stereocenters. The number of aromatic nitrogens is 3. The molecular formula is C15H21N5O2S. The van der Waals surface area contributed by atoms with Crippen LogP contribution in [0, 0.1) is 0 Å². The molecule has 1 aromatic heterocycles. The molecule has 124 valence electrons. The number of benzene rings is 1. The van der Waals surface area contributed by atoms with Gasteiger partial charge in [-0.1, -0.05) is 23.9 Å². The number of amides is 1. The van der Waals surface area contributed by atoms with Crippen LogP contribution >= 0.6 is 11.8 Å². The molecule has 0 aliphatic heterocycles. The molecule has 1 amide bonds. The van der Waals surface area contributed by atoms with Crippen molar-refractivity contribution in [2.24, 2.45) is 0 Å². The lowest BCUT2D eigenvalue weighted by molar-refractivity contribution is 0.0953. The minimum absolute atomic E-state index is 0.0621. The summed E-state index contributed by atoms with van der Waals surface area (Å²) in [5, 5.41) is 13.4. The summed E-state index contributed by atoms with van der Waals surface area (Å²) in [5.41, 5.74) is 1.79. The number of methoxy groups -OCH3 is 1. The van der Waals surface area contributed by atoms with E-state index < -0.39 is 0 Å². The number of H-pyrrole nitrogens is 1. The molecule has 0 saturated heterocycles. The van der Waals surface area contributed by atoms with Gasteiger partial charge in [-0.3, -0.25) is 9.89 Å². The molecule has 0 radical (unpaired) electrons. The largest absolute Gasteiger partial charge is 0.383 e. The van der Waals surface area contributed by atoms with Crippen molar-refractivity contribution >= 4 is 17.7 Å². The fourth-order valence-electron chi connectivity index (χ4n) is 1.83. The summed E-state index contributed by atoms with van der Waals surface area (Å²) in [6.45, 7) is 2.76. The molecule has 1 heterocycles. The minimum atomic E-state index is -0.0621. The van der Waals surface area contributed by atoms with E-state index in [1.54, 1.807) is 18.9 Å². The Morgan fingerprint density at radius 3 is 2.78 bits per heavy atom. The zero-order valence-electron chi connectivity index (χ0n) is 13.0. The van der Waals surface area contributed by atoms with Gasteiger partial charge < -0.3 is 15.4 Å². The summed E-state index contributed by atoms with van der Waals surface area (Å²) in [6, 6.07) is 7.58. The van der Waals surface area contributed by atoms with Crippen LogP contribution in [-0.4, -0.2) is 54.4 Å². The normalized spacial score (nSPS) is 10.7. The van der Waals surface area contributed by atoms with Crippen LogP contribution in [-0.2, 0) is 10.5 Å². The molecule has 0 aliphatic carbocycles. The van der Waals surface area contributed by atoms with Crippen molar-refractivity contribution < 1.29 is 9.53 Å². The van der Waals surface area contributed by atoms with Crippen LogP contribution in [0.5, 0.6) is 0 Å². The van der Waals surface area contributed by atoms with Gasteiger partial charge in [0.1, 0.15) is 6.33 Å². The second kappa shape index (κ2) is 9.98. The van der Waals surface area contributed by atoms with Crippen molar-refractivity contribution in [3.63, 3.8) is 0 Å². The van der Waals surface area contributed by atoms with E-state index in [1.807, 2.05) is 24.3 Å². The van der Waals surface area contributed by atoms with Gasteiger partial charge in [-0.05, 0) is 17.7 Å². The van der Waals surface area contributed by atoms with Gasteiger partial charge in [0.25, 0.3) is 5.91 Å². The molecule has 1 aromatic carbocycles. The fraction of sp³-hybridized carbons (Fsp3) is 0.400. The van der Waals surface area contributed by atoms with Crippen LogP contribution in [0.1, 0.15) is 15.9 Å². The molecule has 0 spiro atoms. The highest BCUT2D eigenvalue weighted by Gasteiger charge is 2.05. The molecule has 7 nitrogen and oxygen atoms in total. The van der Waals surface area contributed by atoms with E-state index in [9.17, 15) is 4.79 Å². The summed E-state index contributed by atoms with van der Waals surface area (Å²) in [7, 11) is 1.66. The van der Waals surface area contributed by atoms with E-state index >= 15 is 0 Å². The van der Waals surface area contributed by atoms with Gasteiger partial charge in [0.15, 0.2) is 5.16 Å². The number of nitrogens with one attached hydrogen (secondary N) is 3. The number of aromatic amines is 1. The Kier molecular flexibility index (Phi) is 7.58. The summed E-state index contributed by atoms with van der Waals surface area (Å²) in [6.07, 6.45) is 1.49. The maximum Gasteiger partial charge on any atom is 0.251 e. The highest BCUT2D eigenvalue weighted by molar-refractivity contribution is 7.98. The van der Waals surface area contributed by atoms with Gasteiger partial charge in [0.05, 0.1) is 6.61 Å². The number of thioether (sulfide) groups is 1. The number of hydrogen-bond acceptors (Lipinski definition) is 6. The molecule has 0 bridgehead atoms. The molecule has 0 aliphatic rings. The molecule has 3 N–H and O–H groups in total. The van der Waals surface area contributed by atoms with Crippen molar-refractivity contribution in [2.75, 3.05) is 33.4 Å². The quantitative estimate of drug-likeness (QED) is 0.444. The SMILES string of the molecule is COCCNCCNC(=O)c1ccc(CSc2ncn[nH]2)cc1. The van der Waals surface area contributed by atoms with Crippen molar-refractivity contribution in [3.05, 3.63) is 41.7 Å². The molecule has 0 saturated carbocycles. The van der Waals surface area contributed by atoms with Gasteiger partial charge in [-0.2, -0.15) is 5.10 Å². The average molecular weight is 335 g/mol. The molecule has 0 fully saturated rings. The summed E-state index contributed by atoms with van der Waals surface area (Å²) >= 11 is 1.57. The third-order valence-electron chi connectivity index (χ3n) is 3.05. The molecule has 2 rings (SSSR count). The Hall–Kier alpha value is -1.90. The van der Waals surface area contributed by atoms with Gasteiger partial charge in [0, 0.05) is 38.1 Å². The first-order valence-corrected chi connectivity index (χ1v) is 8.33. The van der Waals surface area contributed by atoms with Gasteiger partial charge in [-0.15, -0.1) is 0 Å². The number of carbonyl (C=O) groups excluding carboxylic acids is 1. The number of ether oxygens (including phenoxy) is 1. The lowest BCUT2D eigenvalue weighted by atomic mass is 10.1. The van der Waals surface area contributed by atoms with E-state index in [-0.39, 0.29) is 5.91 Å². The minimum Gasteiger partial charge on any atom is -0.383 e. The van der Waals surface area contributed by atoms with Crippen LogP contribution in [0.3, 0.4) is 0 Å². The zero-order chi connectivity index (χ0) is 16.3. The molecule has 0 atom stereocenters. The van der Waals surface area contributed by atoms with Gasteiger partial charge >= 0.3 is 0 Å². The highest BCUT2D eigenvalue weighted by atomic mass is 32.2. The first kappa shape index (κ1) is 17.5. The standard InChI is InChI=1S/C15H21N5O2S/c1-22-9-8-16-6-7-17-14(21)13-4-2-12(3-5-13)10-23-15-18-11-19-20-15/h2-5,11,16H,6-10H2,1H3,(H,17,21)(H,18,19,20). The van der Waals surface area contributed by atoms with Crippen LogP contribution in [0.15, 0.2) is 35.7 Å². The Balaban J connectivity index is 1.69. The van der Waals surface area contributed by atoms with Crippen LogP contribution in [0.25, 0.3) is 0 Å². The maximum absolute atomic E-state index is 12.0. The van der Waals surface area contributed by atoms with Crippen molar-refractivity contribution in [3.8, 4) is 0 Å². The fourth-order valence-corrected chi connectivity index (χ4v) is 2.57. The van der Waals surface area contributed by atoms with Crippen LogP contribution in [0.2, 0.25) is 0 Å². The van der Waals surface area contributed by atoms with Gasteiger partial charge in [0.2, 0.25) is 0 Å². The molecule has 23 heavy (non-hydrogen) atoms. The lowest BCUT2D eigenvalue weighted by Crippen LogP contribution is -2.33. The lowest BCUT2D eigenvalue weighted by Gasteiger charge is -2.07. The summed E-state index contributed by atoms with van der Waals surface area (Å²) < 4.78 is 4.93. The average Bonchev–Trinajstić information content (AvgIpc) is 3.10. The number of hydrogen-bond donors (Lipinski definition) is 3. The Morgan fingerprint density at radius 2 is 2.09 bits per heavy atom. The number of nitrogens with zero attached hydrogens (tertiary/aromatic N) is 2. The highest BCUT2D eigenvalue weighted by Crippen LogP contribution is 2.18. The van der Waals surface area contributed by atoms with E-state index in [1.165, 1.54) is 6.33 Å². The zero-order valence-corrected chi connectivity index (χ0v) is 13.9. The first-order chi connectivity index (χ1) is 11.3. The van der Waals surface area contributed by atoms with Crippen molar-refractivity contribution in [1.29, 1.82) is 0 Å². The predicted octanol–water partition coefficient (Wildman–Crippen LogP) is 1.06. The van der Waals surface area contributed by atoms with Crippen molar-refractivity contribution in [1.82, 2.24) is 25.8 Å². The van der Waals surface area contributed by atoms with Crippen molar-refractivity contribution in [2.45, 2.75) is 10.9 Å². The van der Waals surface area contributed by atoms with E-state index in [0.29, 0.717) is 18.7 Å². The summed E-state index contributed by atoms with van der Waals surface area (Å²) in [5.74, 6) is 0.716. The Morgan fingerprint density at radius 1 is 1.26 bits per heavy atom. The number of carbonyl (C=O) groups is 1. The Bertz CT molecular complexity index is 574. The van der Waals surface area contributed by atoms with E-state index in [4.69, 9.17) is 4.74 Å².